The summed E-state index contributed by atoms with van der Waals surface area (Å²) in [5.41, 5.74) is 4.89. The number of anilines is 1. The molecular weight excluding hydrogens is 662 g/mol. The second kappa shape index (κ2) is 15.5. The van der Waals surface area contributed by atoms with Gasteiger partial charge in [-0.15, -0.1) is 5.10 Å². The van der Waals surface area contributed by atoms with Gasteiger partial charge in [-0.3, -0.25) is 4.90 Å². The van der Waals surface area contributed by atoms with E-state index < -0.39 is 12.2 Å². The fourth-order valence-electron chi connectivity index (χ4n) is 7.13. The molecule has 0 aliphatic carbocycles. The summed E-state index contributed by atoms with van der Waals surface area (Å²) in [5, 5.41) is 25.9. The van der Waals surface area contributed by atoms with Crippen LogP contribution < -0.4 is 19.1 Å². The summed E-state index contributed by atoms with van der Waals surface area (Å²) in [5.74, 6) is 2.12. The largest absolute Gasteiger partial charge is 0.497 e. The number of hydrogen-bond donors (Lipinski definition) is 2. The summed E-state index contributed by atoms with van der Waals surface area (Å²) in [6.45, 7) is 5.60. The van der Waals surface area contributed by atoms with Gasteiger partial charge < -0.3 is 34.2 Å². The van der Waals surface area contributed by atoms with Crippen LogP contribution in [0.15, 0.2) is 79.0 Å². The first-order valence-electron chi connectivity index (χ1n) is 17.7. The van der Waals surface area contributed by atoms with E-state index in [-0.39, 0.29) is 18.1 Å². The molecule has 3 aromatic carbocycles. The Morgan fingerprint density at radius 3 is 2.10 bits per heavy atom. The summed E-state index contributed by atoms with van der Waals surface area (Å²) >= 11 is 0. The van der Waals surface area contributed by atoms with Crippen LogP contribution in [0.25, 0.3) is 5.65 Å². The van der Waals surface area contributed by atoms with E-state index in [1.807, 2.05) is 72.8 Å². The maximum atomic E-state index is 11.8. The first-order valence-corrected chi connectivity index (χ1v) is 17.7. The second-order valence-corrected chi connectivity index (χ2v) is 13.4. The standard InChI is InChI=1S/C39H45N7O6/c1-4-5-18-52-38-41-37(44(22-27-8-14-32(50-2)15-9-27)23-28-10-16-33(51-3)17-11-28)36-40-20-34(46(36)42-38)35(47)29-12-6-26(7-13-29)21-43-24-31-19-30(43)25-45(31)39(48)49/h6-17,20,30-31,35,47H,4-5,18-19,21-25H2,1-3H3,(H,48,49)/t30-,31-,35?/m0/s1. The molecule has 2 aromatic heterocycles. The average Bonchev–Trinajstić information content (AvgIpc) is 3.90. The highest BCUT2D eigenvalue weighted by Gasteiger charge is 2.45. The van der Waals surface area contributed by atoms with Crippen LogP contribution >= 0.6 is 0 Å². The Kier molecular flexibility index (Phi) is 10.4. The van der Waals surface area contributed by atoms with Gasteiger partial charge in [0.1, 0.15) is 17.6 Å². The van der Waals surface area contributed by atoms with Gasteiger partial charge in [0.25, 0.3) is 0 Å². The number of ether oxygens (including phenoxy) is 3. The normalized spacial score (nSPS) is 17.4. The number of piperazine rings is 1. The number of carboxylic acid groups (broad SMARTS) is 1. The van der Waals surface area contributed by atoms with Gasteiger partial charge in [-0.05, 0) is 59.4 Å². The molecule has 13 heteroatoms. The zero-order chi connectivity index (χ0) is 36.2. The number of aliphatic hydroxyl groups is 1. The van der Waals surface area contributed by atoms with Gasteiger partial charge in [0.2, 0.25) is 0 Å². The number of rotatable bonds is 15. The molecule has 2 saturated heterocycles. The molecule has 52 heavy (non-hydrogen) atoms. The van der Waals surface area contributed by atoms with Crippen molar-refractivity contribution in [3.63, 3.8) is 0 Å². The van der Waals surface area contributed by atoms with E-state index in [0.717, 1.165) is 60.5 Å². The van der Waals surface area contributed by atoms with Crippen LogP contribution in [0.1, 0.15) is 60.2 Å². The van der Waals surface area contributed by atoms with Crippen molar-refractivity contribution in [1.82, 2.24) is 29.4 Å². The first-order chi connectivity index (χ1) is 25.3. The molecular formula is C39H45N7O6. The molecule has 2 N–H and O–H groups in total. The molecule has 0 saturated carbocycles. The third-order valence-electron chi connectivity index (χ3n) is 10.0. The van der Waals surface area contributed by atoms with Crippen LogP contribution in [-0.4, -0.2) is 91.7 Å². The Balaban J connectivity index is 1.18. The highest BCUT2D eigenvalue weighted by molar-refractivity contribution is 5.66. The van der Waals surface area contributed by atoms with E-state index in [1.165, 1.54) is 0 Å². The van der Waals surface area contributed by atoms with Gasteiger partial charge in [0, 0.05) is 44.8 Å². The lowest BCUT2D eigenvalue weighted by Crippen LogP contribution is -2.47. The number of fused-ring (bicyclic) bond motifs is 3. The predicted octanol–water partition coefficient (Wildman–Crippen LogP) is 5.55. The Bertz CT molecular complexity index is 1920. The topological polar surface area (TPSA) is 138 Å². The zero-order valence-corrected chi connectivity index (χ0v) is 29.8. The van der Waals surface area contributed by atoms with Crippen LogP contribution in [0.3, 0.4) is 0 Å². The number of carbonyl (C=O) groups is 1. The van der Waals surface area contributed by atoms with Crippen LogP contribution in [0.4, 0.5) is 10.6 Å². The van der Waals surface area contributed by atoms with Crippen LogP contribution in [-0.2, 0) is 19.6 Å². The van der Waals surface area contributed by atoms with Gasteiger partial charge in [-0.25, -0.2) is 14.3 Å². The third kappa shape index (κ3) is 7.46. The number of likely N-dealkylation sites (tertiary alicyclic amines) is 2. The molecule has 2 fully saturated rings. The number of imidazole rings is 1. The Morgan fingerprint density at radius 2 is 1.54 bits per heavy atom. The molecule has 13 nitrogen and oxygen atoms in total. The van der Waals surface area contributed by atoms with Gasteiger partial charge in [-0.2, -0.15) is 4.98 Å². The molecule has 0 radical (unpaired) electrons. The number of unbranched alkanes of at least 4 members (excludes halogenated alkanes) is 1. The molecule has 4 heterocycles. The lowest BCUT2D eigenvalue weighted by atomic mass is 10.0. The first kappa shape index (κ1) is 35.0. The van der Waals surface area contributed by atoms with E-state index in [2.05, 4.69) is 16.7 Å². The number of benzene rings is 3. The number of hydrogen-bond acceptors (Lipinski definition) is 10. The van der Waals surface area contributed by atoms with Gasteiger partial charge in [0.15, 0.2) is 11.5 Å². The fourth-order valence-corrected chi connectivity index (χ4v) is 7.13. The van der Waals surface area contributed by atoms with Crippen LogP contribution in [0.5, 0.6) is 17.5 Å². The van der Waals surface area contributed by atoms with Gasteiger partial charge in [0.05, 0.1) is 32.7 Å². The molecule has 7 rings (SSSR count). The highest BCUT2D eigenvalue weighted by Crippen LogP contribution is 2.33. The molecule has 272 valence electrons. The summed E-state index contributed by atoms with van der Waals surface area (Å²) in [6, 6.07) is 24.3. The maximum Gasteiger partial charge on any atom is 0.407 e. The Hall–Kier alpha value is -5.40. The van der Waals surface area contributed by atoms with E-state index in [9.17, 15) is 15.0 Å². The smallest absolute Gasteiger partial charge is 0.407 e. The molecule has 2 aliphatic rings. The summed E-state index contributed by atoms with van der Waals surface area (Å²) in [7, 11) is 3.30. The summed E-state index contributed by atoms with van der Waals surface area (Å²) in [6.07, 6.45) is 2.48. The van der Waals surface area contributed by atoms with Crippen molar-refractivity contribution in [1.29, 1.82) is 0 Å². The number of aromatic nitrogens is 4. The predicted molar refractivity (Wildman–Crippen MR) is 195 cm³/mol. The van der Waals surface area contributed by atoms with Crippen molar-refractivity contribution in [2.75, 3.05) is 38.8 Å². The maximum absolute atomic E-state index is 11.8. The SMILES string of the molecule is CCCCOc1nc(N(Cc2ccc(OC)cc2)Cc2ccc(OC)cc2)c2ncc(C(O)c3ccc(CN4C[C@@H]5C[C@H]4CN5C(=O)O)cc3)n2n1. The Morgan fingerprint density at radius 1 is 0.904 bits per heavy atom. The quantitative estimate of drug-likeness (QED) is 0.133. The molecule has 3 atom stereocenters. The van der Waals surface area contributed by atoms with Gasteiger partial charge in [-0.1, -0.05) is 61.9 Å². The minimum absolute atomic E-state index is 0.0600. The lowest BCUT2D eigenvalue weighted by molar-refractivity contribution is 0.100. The third-order valence-corrected chi connectivity index (χ3v) is 10.0. The van der Waals surface area contributed by atoms with Crippen molar-refractivity contribution in [2.45, 2.75) is 64.0 Å². The van der Waals surface area contributed by atoms with Gasteiger partial charge >= 0.3 is 12.1 Å². The minimum Gasteiger partial charge on any atom is -0.497 e. The van der Waals surface area contributed by atoms with Crippen molar-refractivity contribution in [3.8, 4) is 17.5 Å². The second-order valence-electron chi connectivity index (χ2n) is 13.4. The van der Waals surface area contributed by atoms with E-state index >= 15 is 0 Å². The number of methoxy groups -OCH3 is 2. The molecule has 2 bridgehead atoms. The minimum atomic E-state index is -1.01. The van der Waals surface area contributed by atoms with E-state index in [0.29, 0.717) is 49.0 Å². The highest BCUT2D eigenvalue weighted by atomic mass is 16.5. The summed E-state index contributed by atoms with van der Waals surface area (Å²) in [4.78, 5) is 27.2. The monoisotopic (exact) mass is 707 g/mol. The van der Waals surface area contributed by atoms with E-state index in [1.54, 1.807) is 29.8 Å². The molecule has 0 spiro atoms. The number of amides is 1. The van der Waals surface area contributed by atoms with Crippen molar-refractivity contribution in [2.24, 2.45) is 0 Å². The summed E-state index contributed by atoms with van der Waals surface area (Å²) < 4.78 is 18.5. The average molecular weight is 708 g/mol. The molecule has 1 unspecified atom stereocenters. The number of aliphatic hydroxyl groups excluding tert-OH is 1. The number of nitrogens with zero attached hydrogens (tertiary/aromatic N) is 7. The van der Waals surface area contributed by atoms with Crippen molar-refractivity contribution < 1.29 is 29.2 Å². The molecule has 1 amide bonds. The lowest BCUT2D eigenvalue weighted by Gasteiger charge is -2.32. The van der Waals surface area contributed by atoms with E-state index in [4.69, 9.17) is 29.3 Å². The zero-order valence-electron chi connectivity index (χ0n) is 29.8. The fraction of sp³-hybridized carbons (Fsp3) is 0.385. The van der Waals surface area contributed by atoms with Crippen LogP contribution in [0.2, 0.25) is 0 Å². The molecule has 5 aromatic rings. The van der Waals surface area contributed by atoms with Crippen molar-refractivity contribution in [3.05, 3.63) is 107 Å². The van der Waals surface area contributed by atoms with Crippen molar-refractivity contribution >= 4 is 17.6 Å². The van der Waals surface area contributed by atoms with Crippen LogP contribution in [0, 0.1) is 0 Å². The molecule has 2 aliphatic heterocycles. The Labute approximate surface area is 303 Å².